The first kappa shape index (κ1) is 13.1. The van der Waals surface area contributed by atoms with Crippen LogP contribution in [0.25, 0.3) is 10.9 Å². The number of nitrogens with one attached hydrogen (secondary N) is 1. The average molecular weight is 264 g/mol. The second-order valence-electron chi connectivity index (χ2n) is 4.60. The van der Waals surface area contributed by atoms with Gasteiger partial charge in [-0.15, -0.1) is 12.4 Å². The number of hydrogen-bond donors (Lipinski definition) is 1. The Morgan fingerprint density at radius 3 is 2.89 bits per heavy atom. The van der Waals surface area contributed by atoms with Crippen molar-refractivity contribution in [2.45, 2.75) is 12.5 Å². The number of para-hydroxylation sites is 1. The molecule has 0 aliphatic carbocycles. The molecule has 0 saturated carbocycles. The van der Waals surface area contributed by atoms with E-state index in [0.717, 1.165) is 18.6 Å². The minimum atomic E-state index is 0. The van der Waals surface area contributed by atoms with Crippen molar-refractivity contribution in [2.75, 3.05) is 25.0 Å². The molecule has 3 nitrogen and oxygen atoms in total. The summed E-state index contributed by atoms with van der Waals surface area (Å²) in [4.78, 5) is 6.79. The summed E-state index contributed by atoms with van der Waals surface area (Å²) in [6, 6.07) is 11.0. The second kappa shape index (κ2) is 5.55. The smallest absolute Gasteiger partial charge is 0.0722 e. The molecule has 1 atom stereocenters. The SMILES string of the molecule is CN(c1ccnc2ccccc12)[C@H]1CCNC1.Cl. The Hall–Kier alpha value is -1.32. The maximum absolute atomic E-state index is 4.41. The molecule has 1 aliphatic heterocycles. The summed E-state index contributed by atoms with van der Waals surface area (Å²) in [5.41, 5.74) is 2.35. The number of halogens is 1. The number of fused-ring (bicyclic) bond motifs is 1. The van der Waals surface area contributed by atoms with E-state index in [-0.39, 0.29) is 12.4 Å². The van der Waals surface area contributed by atoms with E-state index in [1.807, 2.05) is 12.3 Å². The summed E-state index contributed by atoms with van der Waals surface area (Å²) in [5, 5.41) is 4.65. The van der Waals surface area contributed by atoms with Gasteiger partial charge in [-0.2, -0.15) is 0 Å². The Labute approximate surface area is 114 Å². The van der Waals surface area contributed by atoms with E-state index in [2.05, 4.69) is 46.5 Å². The average Bonchev–Trinajstić information content (AvgIpc) is 2.91. The summed E-state index contributed by atoms with van der Waals surface area (Å²) in [7, 11) is 2.18. The first-order chi connectivity index (χ1) is 8.36. The third-order valence-corrected chi connectivity index (χ3v) is 3.59. The van der Waals surface area contributed by atoms with Crippen LogP contribution in [0.1, 0.15) is 6.42 Å². The molecule has 1 N–H and O–H groups in total. The molecule has 1 fully saturated rings. The zero-order valence-electron chi connectivity index (χ0n) is 10.5. The van der Waals surface area contributed by atoms with Crippen molar-refractivity contribution in [1.29, 1.82) is 0 Å². The highest BCUT2D eigenvalue weighted by Crippen LogP contribution is 2.26. The zero-order valence-corrected chi connectivity index (χ0v) is 11.3. The molecule has 4 heteroatoms. The lowest BCUT2D eigenvalue weighted by molar-refractivity contribution is 0.687. The van der Waals surface area contributed by atoms with Gasteiger partial charge in [-0.25, -0.2) is 0 Å². The van der Waals surface area contributed by atoms with Crippen LogP contribution in [0, 0.1) is 0 Å². The number of rotatable bonds is 2. The maximum atomic E-state index is 4.41. The molecule has 2 aromatic rings. The van der Waals surface area contributed by atoms with Crippen molar-refractivity contribution >= 4 is 29.0 Å². The molecule has 0 bridgehead atoms. The van der Waals surface area contributed by atoms with Gasteiger partial charge < -0.3 is 10.2 Å². The van der Waals surface area contributed by atoms with Gasteiger partial charge in [0.25, 0.3) is 0 Å². The molecule has 3 rings (SSSR count). The van der Waals surface area contributed by atoms with Gasteiger partial charge in [0.1, 0.15) is 0 Å². The van der Waals surface area contributed by atoms with Crippen molar-refractivity contribution in [1.82, 2.24) is 10.3 Å². The lowest BCUT2D eigenvalue weighted by Gasteiger charge is -2.27. The van der Waals surface area contributed by atoms with Crippen LogP contribution in [0.4, 0.5) is 5.69 Å². The monoisotopic (exact) mass is 263 g/mol. The first-order valence-corrected chi connectivity index (χ1v) is 6.13. The summed E-state index contributed by atoms with van der Waals surface area (Å²) in [6.07, 6.45) is 3.11. The van der Waals surface area contributed by atoms with Gasteiger partial charge in [0.2, 0.25) is 0 Å². The van der Waals surface area contributed by atoms with Crippen LogP contribution in [0.2, 0.25) is 0 Å². The summed E-state index contributed by atoms with van der Waals surface area (Å²) in [5.74, 6) is 0. The van der Waals surface area contributed by atoms with E-state index in [1.54, 1.807) is 0 Å². The van der Waals surface area contributed by atoms with Gasteiger partial charge in [-0.05, 0) is 25.1 Å². The van der Waals surface area contributed by atoms with E-state index in [0.29, 0.717) is 6.04 Å². The lowest BCUT2D eigenvalue weighted by Crippen LogP contribution is -2.33. The van der Waals surface area contributed by atoms with Crippen LogP contribution in [0.15, 0.2) is 36.5 Å². The third kappa shape index (κ3) is 2.28. The van der Waals surface area contributed by atoms with Gasteiger partial charge in [0.05, 0.1) is 5.52 Å². The molecule has 1 aromatic carbocycles. The number of benzene rings is 1. The van der Waals surface area contributed by atoms with Gasteiger partial charge in [-0.3, -0.25) is 4.98 Å². The Morgan fingerprint density at radius 1 is 1.28 bits per heavy atom. The van der Waals surface area contributed by atoms with Crippen molar-refractivity contribution in [3.05, 3.63) is 36.5 Å². The van der Waals surface area contributed by atoms with Gasteiger partial charge >= 0.3 is 0 Å². The van der Waals surface area contributed by atoms with Crippen LogP contribution < -0.4 is 10.2 Å². The first-order valence-electron chi connectivity index (χ1n) is 6.13. The Kier molecular flexibility index (Phi) is 4.04. The fourth-order valence-corrected chi connectivity index (χ4v) is 2.56. The topological polar surface area (TPSA) is 28.2 Å². The van der Waals surface area contributed by atoms with E-state index < -0.39 is 0 Å². The second-order valence-corrected chi connectivity index (χ2v) is 4.60. The van der Waals surface area contributed by atoms with Crippen molar-refractivity contribution in [3.63, 3.8) is 0 Å². The summed E-state index contributed by atoms with van der Waals surface area (Å²) < 4.78 is 0. The third-order valence-electron chi connectivity index (χ3n) is 3.59. The Morgan fingerprint density at radius 2 is 2.11 bits per heavy atom. The van der Waals surface area contributed by atoms with Crippen LogP contribution in [-0.4, -0.2) is 31.2 Å². The van der Waals surface area contributed by atoms with Crippen LogP contribution in [0.3, 0.4) is 0 Å². The molecule has 2 heterocycles. The van der Waals surface area contributed by atoms with E-state index >= 15 is 0 Å². The zero-order chi connectivity index (χ0) is 11.7. The minimum Gasteiger partial charge on any atom is -0.370 e. The molecular weight excluding hydrogens is 246 g/mol. The summed E-state index contributed by atoms with van der Waals surface area (Å²) in [6.45, 7) is 2.20. The number of pyridine rings is 1. The van der Waals surface area contributed by atoms with E-state index in [9.17, 15) is 0 Å². The molecule has 1 saturated heterocycles. The lowest BCUT2D eigenvalue weighted by atomic mass is 10.1. The number of hydrogen-bond acceptors (Lipinski definition) is 3. The van der Waals surface area contributed by atoms with Gasteiger partial charge in [0.15, 0.2) is 0 Å². The molecule has 0 spiro atoms. The Balaban J connectivity index is 0.00000120. The standard InChI is InChI=1S/C14H17N3.ClH/c1-17(11-6-8-15-10-11)14-7-9-16-13-5-3-2-4-12(13)14;/h2-5,7,9,11,15H,6,8,10H2,1H3;1H/t11-;/m0./s1. The number of aromatic nitrogens is 1. The Bertz CT molecular complexity index is 518. The highest BCUT2D eigenvalue weighted by atomic mass is 35.5. The fourth-order valence-electron chi connectivity index (χ4n) is 2.56. The van der Waals surface area contributed by atoms with Crippen LogP contribution in [0.5, 0.6) is 0 Å². The fraction of sp³-hybridized carbons (Fsp3) is 0.357. The van der Waals surface area contributed by atoms with Crippen LogP contribution >= 0.6 is 12.4 Å². The molecule has 0 radical (unpaired) electrons. The highest BCUT2D eigenvalue weighted by Gasteiger charge is 2.20. The van der Waals surface area contributed by atoms with Crippen LogP contribution in [-0.2, 0) is 0 Å². The number of nitrogens with zero attached hydrogens (tertiary/aromatic N) is 2. The number of likely N-dealkylation sites (N-methyl/N-ethyl adjacent to an activating group) is 1. The van der Waals surface area contributed by atoms with Gasteiger partial charge in [-0.1, -0.05) is 18.2 Å². The molecule has 0 amide bonds. The molecule has 0 unspecified atom stereocenters. The van der Waals surface area contributed by atoms with Crippen molar-refractivity contribution in [2.24, 2.45) is 0 Å². The van der Waals surface area contributed by atoms with Crippen molar-refractivity contribution in [3.8, 4) is 0 Å². The minimum absolute atomic E-state index is 0. The molecular formula is C14H18ClN3. The molecule has 18 heavy (non-hydrogen) atoms. The molecule has 96 valence electrons. The van der Waals surface area contributed by atoms with Crippen molar-refractivity contribution < 1.29 is 0 Å². The number of anilines is 1. The maximum Gasteiger partial charge on any atom is 0.0722 e. The molecule has 1 aliphatic rings. The van der Waals surface area contributed by atoms with E-state index in [4.69, 9.17) is 0 Å². The summed E-state index contributed by atoms with van der Waals surface area (Å²) >= 11 is 0. The molecule has 1 aromatic heterocycles. The van der Waals surface area contributed by atoms with Gasteiger partial charge in [0, 0.05) is 36.9 Å². The predicted molar refractivity (Wildman–Crippen MR) is 78.7 cm³/mol. The predicted octanol–water partition coefficient (Wildman–Crippen LogP) is 2.45. The highest BCUT2D eigenvalue weighted by molar-refractivity contribution is 5.91. The quantitative estimate of drug-likeness (QED) is 0.902. The van der Waals surface area contributed by atoms with E-state index in [1.165, 1.54) is 17.5 Å². The normalized spacial score (nSPS) is 18.6. The largest absolute Gasteiger partial charge is 0.370 e.